The van der Waals surface area contributed by atoms with E-state index in [1.54, 1.807) is 0 Å². The molecular formula is C15H15F3N2O. The molecule has 3 nitrogen and oxygen atoms in total. The number of hydrogen-bond donors (Lipinski definition) is 0. The minimum absolute atomic E-state index is 0.0241. The molecule has 1 saturated heterocycles. The Bertz CT molecular complexity index is 546. The number of amides is 1. The number of alkyl halides is 3. The summed E-state index contributed by atoms with van der Waals surface area (Å²) in [4.78, 5) is 13.7. The van der Waals surface area contributed by atoms with E-state index in [-0.39, 0.29) is 12.3 Å². The van der Waals surface area contributed by atoms with Crippen molar-refractivity contribution in [2.24, 2.45) is 0 Å². The van der Waals surface area contributed by atoms with Gasteiger partial charge in [0.15, 0.2) is 0 Å². The van der Waals surface area contributed by atoms with Crippen LogP contribution in [0.4, 0.5) is 13.2 Å². The van der Waals surface area contributed by atoms with E-state index in [1.165, 1.54) is 17.0 Å². The highest BCUT2D eigenvalue weighted by Crippen LogP contribution is 2.29. The Hall–Kier alpha value is -2.03. The van der Waals surface area contributed by atoms with Gasteiger partial charge < -0.3 is 4.90 Å². The van der Waals surface area contributed by atoms with Gasteiger partial charge in [-0.2, -0.15) is 18.4 Å². The van der Waals surface area contributed by atoms with Crippen LogP contribution in [0.3, 0.4) is 0 Å². The Labute approximate surface area is 121 Å². The molecule has 2 rings (SSSR count). The zero-order chi connectivity index (χ0) is 15.5. The Morgan fingerprint density at radius 3 is 2.52 bits per heavy atom. The molecule has 112 valence electrons. The van der Waals surface area contributed by atoms with Gasteiger partial charge in [0.1, 0.15) is 6.04 Å². The lowest BCUT2D eigenvalue weighted by Gasteiger charge is -2.31. The molecule has 1 aliphatic rings. The van der Waals surface area contributed by atoms with Crippen LogP contribution >= 0.6 is 0 Å². The van der Waals surface area contributed by atoms with Crippen molar-refractivity contribution >= 4 is 5.91 Å². The van der Waals surface area contributed by atoms with Crippen LogP contribution in [0.2, 0.25) is 0 Å². The minimum Gasteiger partial charge on any atom is -0.326 e. The van der Waals surface area contributed by atoms with Crippen molar-refractivity contribution in [1.82, 2.24) is 4.90 Å². The van der Waals surface area contributed by atoms with E-state index >= 15 is 0 Å². The molecule has 1 amide bonds. The molecule has 0 aromatic heterocycles. The molecule has 6 heteroatoms. The molecule has 0 spiro atoms. The third kappa shape index (κ3) is 3.75. The quantitative estimate of drug-likeness (QED) is 0.841. The first-order valence-electron chi connectivity index (χ1n) is 6.77. The Balaban J connectivity index is 2.04. The maximum absolute atomic E-state index is 12.5. The van der Waals surface area contributed by atoms with E-state index in [9.17, 15) is 18.0 Å². The maximum Gasteiger partial charge on any atom is 0.416 e. The molecular weight excluding hydrogens is 281 g/mol. The lowest BCUT2D eigenvalue weighted by molar-refractivity contribution is -0.137. The molecule has 0 saturated carbocycles. The number of carbonyl (C=O) groups is 1. The summed E-state index contributed by atoms with van der Waals surface area (Å²) >= 11 is 0. The van der Waals surface area contributed by atoms with Crippen molar-refractivity contribution in [2.75, 3.05) is 6.54 Å². The van der Waals surface area contributed by atoms with Crippen molar-refractivity contribution in [3.63, 3.8) is 0 Å². The monoisotopic (exact) mass is 296 g/mol. The average molecular weight is 296 g/mol. The second-order valence-corrected chi connectivity index (χ2v) is 5.10. The summed E-state index contributed by atoms with van der Waals surface area (Å²) in [7, 11) is 0. The molecule has 1 aliphatic heterocycles. The average Bonchev–Trinajstić information content (AvgIpc) is 2.46. The van der Waals surface area contributed by atoms with Crippen molar-refractivity contribution in [2.45, 2.75) is 37.9 Å². The molecule has 0 aliphatic carbocycles. The number of piperidine rings is 1. The van der Waals surface area contributed by atoms with Gasteiger partial charge in [0.2, 0.25) is 5.91 Å². The van der Waals surface area contributed by atoms with Gasteiger partial charge in [-0.25, -0.2) is 0 Å². The summed E-state index contributed by atoms with van der Waals surface area (Å²) in [5.41, 5.74) is -0.207. The van der Waals surface area contributed by atoms with Gasteiger partial charge in [0.25, 0.3) is 0 Å². The van der Waals surface area contributed by atoms with Gasteiger partial charge in [-0.3, -0.25) is 4.79 Å². The number of halogens is 3. The summed E-state index contributed by atoms with van der Waals surface area (Å²) in [5.74, 6) is -0.207. The van der Waals surface area contributed by atoms with Gasteiger partial charge in [-0.15, -0.1) is 0 Å². The molecule has 0 radical (unpaired) electrons. The first-order chi connectivity index (χ1) is 9.91. The molecule has 1 unspecified atom stereocenters. The molecule has 1 fully saturated rings. The van der Waals surface area contributed by atoms with Crippen molar-refractivity contribution in [3.8, 4) is 6.07 Å². The second-order valence-electron chi connectivity index (χ2n) is 5.10. The maximum atomic E-state index is 12.5. The fourth-order valence-corrected chi connectivity index (χ4v) is 2.45. The van der Waals surface area contributed by atoms with E-state index < -0.39 is 17.8 Å². The highest BCUT2D eigenvalue weighted by Gasteiger charge is 2.30. The molecule has 0 bridgehead atoms. The number of benzene rings is 1. The topological polar surface area (TPSA) is 44.1 Å². The SMILES string of the molecule is N#CC1CCCCN1C(=O)Cc1ccc(C(F)(F)F)cc1. The van der Waals surface area contributed by atoms with Crippen molar-refractivity contribution < 1.29 is 18.0 Å². The number of carbonyl (C=O) groups excluding carboxylic acids is 1. The molecule has 1 aromatic rings. The third-order valence-electron chi connectivity index (χ3n) is 3.61. The Kier molecular flexibility index (Phi) is 4.51. The standard InChI is InChI=1S/C15H15F3N2O/c16-15(17,18)12-6-4-11(5-7-12)9-14(21)20-8-2-1-3-13(20)10-19/h4-7,13H,1-3,8-9H2. The molecule has 0 N–H and O–H groups in total. The van der Waals surface area contributed by atoms with Gasteiger partial charge in [0, 0.05) is 6.54 Å². The highest BCUT2D eigenvalue weighted by molar-refractivity contribution is 5.79. The molecule has 1 heterocycles. The summed E-state index contributed by atoms with van der Waals surface area (Å²) in [6, 6.07) is 6.26. The van der Waals surface area contributed by atoms with E-state index in [2.05, 4.69) is 6.07 Å². The van der Waals surface area contributed by atoms with Crippen LogP contribution in [-0.2, 0) is 17.4 Å². The zero-order valence-electron chi connectivity index (χ0n) is 11.4. The summed E-state index contributed by atoms with van der Waals surface area (Å²) in [6.45, 7) is 0.539. The first-order valence-corrected chi connectivity index (χ1v) is 6.77. The van der Waals surface area contributed by atoms with Crippen LogP contribution in [0, 0.1) is 11.3 Å². The second kappa shape index (κ2) is 6.17. The van der Waals surface area contributed by atoms with E-state index in [4.69, 9.17) is 5.26 Å². The van der Waals surface area contributed by atoms with E-state index in [0.717, 1.165) is 25.0 Å². The van der Waals surface area contributed by atoms with Crippen LogP contribution in [0.5, 0.6) is 0 Å². The summed E-state index contributed by atoms with van der Waals surface area (Å²) in [6.07, 6.45) is -1.91. The number of hydrogen-bond acceptors (Lipinski definition) is 2. The van der Waals surface area contributed by atoms with Crippen LogP contribution < -0.4 is 0 Å². The fourth-order valence-electron chi connectivity index (χ4n) is 2.45. The third-order valence-corrected chi connectivity index (χ3v) is 3.61. The Morgan fingerprint density at radius 1 is 1.29 bits per heavy atom. The molecule has 1 aromatic carbocycles. The van der Waals surface area contributed by atoms with Crippen LogP contribution in [0.1, 0.15) is 30.4 Å². The van der Waals surface area contributed by atoms with Gasteiger partial charge in [0.05, 0.1) is 18.1 Å². The highest BCUT2D eigenvalue weighted by atomic mass is 19.4. The van der Waals surface area contributed by atoms with E-state index in [0.29, 0.717) is 18.5 Å². The van der Waals surface area contributed by atoms with Crippen LogP contribution in [0.15, 0.2) is 24.3 Å². The predicted octanol–water partition coefficient (Wildman–Crippen LogP) is 3.15. The van der Waals surface area contributed by atoms with Crippen molar-refractivity contribution in [3.05, 3.63) is 35.4 Å². The van der Waals surface area contributed by atoms with Gasteiger partial charge in [-0.1, -0.05) is 12.1 Å². The molecule has 21 heavy (non-hydrogen) atoms. The lowest BCUT2D eigenvalue weighted by Crippen LogP contribution is -2.43. The number of likely N-dealkylation sites (tertiary alicyclic amines) is 1. The fraction of sp³-hybridized carbons (Fsp3) is 0.467. The normalized spacial score (nSPS) is 19.1. The Morgan fingerprint density at radius 2 is 1.95 bits per heavy atom. The van der Waals surface area contributed by atoms with Gasteiger partial charge >= 0.3 is 6.18 Å². The summed E-state index contributed by atoms with van der Waals surface area (Å²) in [5, 5.41) is 9.03. The van der Waals surface area contributed by atoms with Crippen molar-refractivity contribution in [1.29, 1.82) is 5.26 Å². The predicted molar refractivity (Wildman–Crippen MR) is 70.1 cm³/mol. The van der Waals surface area contributed by atoms with Crippen LogP contribution in [0.25, 0.3) is 0 Å². The number of nitrogens with zero attached hydrogens (tertiary/aromatic N) is 2. The smallest absolute Gasteiger partial charge is 0.326 e. The van der Waals surface area contributed by atoms with Crippen LogP contribution in [-0.4, -0.2) is 23.4 Å². The zero-order valence-corrected chi connectivity index (χ0v) is 11.4. The molecule has 1 atom stereocenters. The van der Waals surface area contributed by atoms with E-state index in [1.807, 2.05) is 0 Å². The lowest BCUT2D eigenvalue weighted by atomic mass is 10.0. The summed E-state index contributed by atoms with van der Waals surface area (Å²) < 4.78 is 37.4. The minimum atomic E-state index is -4.37. The largest absolute Gasteiger partial charge is 0.416 e. The number of rotatable bonds is 2. The van der Waals surface area contributed by atoms with Gasteiger partial charge in [-0.05, 0) is 37.0 Å². The first kappa shape index (κ1) is 15.4. The number of nitriles is 1.